The first-order chi connectivity index (χ1) is 8.47. The van der Waals surface area contributed by atoms with E-state index < -0.39 is 5.78 Å². The molecular formula is C13H12Cl2O3. The zero-order valence-corrected chi connectivity index (χ0v) is 11.5. The van der Waals surface area contributed by atoms with Crippen LogP contribution in [-0.2, 0) is 9.53 Å². The molecule has 0 spiro atoms. The maximum absolute atomic E-state index is 12.1. The molecule has 1 aromatic rings. The summed E-state index contributed by atoms with van der Waals surface area (Å²) in [4.78, 5) is 23.5. The smallest absolute Gasteiger partial charge is 0.201 e. The van der Waals surface area contributed by atoms with Crippen molar-refractivity contribution >= 4 is 34.8 Å². The maximum atomic E-state index is 12.1. The number of Topliss-reactive ketones (excluding diaryl/α,β-unsaturated/α-hetero) is 2. The van der Waals surface area contributed by atoms with Gasteiger partial charge in [0.1, 0.15) is 0 Å². The second-order valence-corrected chi connectivity index (χ2v) is 4.34. The van der Waals surface area contributed by atoms with Gasteiger partial charge in [-0.1, -0.05) is 23.2 Å². The number of allylic oxidation sites excluding steroid dienone is 1. The van der Waals surface area contributed by atoms with Crippen LogP contribution in [-0.4, -0.2) is 18.2 Å². The van der Waals surface area contributed by atoms with Crippen LogP contribution in [0.2, 0.25) is 10.0 Å². The number of rotatable bonds is 5. The van der Waals surface area contributed by atoms with Gasteiger partial charge in [-0.15, -0.1) is 0 Å². The van der Waals surface area contributed by atoms with Gasteiger partial charge in [-0.25, -0.2) is 0 Å². The van der Waals surface area contributed by atoms with Crippen molar-refractivity contribution in [3.8, 4) is 0 Å². The number of carbonyl (C=O) groups is 2. The lowest BCUT2D eigenvalue weighted by Crippen LogP contribution is -2.11. The third-order valence-corrected chi connectivity index (χ3v) is 2.72. The van der Waals surface area contributed by atoms with Crippen molar-refractivity contribution in [2.24, 2.45) is 0 Å². The Morgan fingerprint density at radius 1 is 1.33 bits per heavy atom. The monoisotopic (exact) mass is 286 g/mol. The summed E-state index contributed by atoms with van der Waals surface area (Å²) in [6.45, 7) is 3.43. The highest BCUT2D eigenvalue weighted by Gasteiger charge is 2.19. The molecule has 1 aromatic carbocycles. The molecule has 0 saturated carbocycles. The summed E-state index contributed by atoms with van der Waals surface area (Å²) in [5.41, 5.74) is 0.184. The summed E-state index contributed by atoms with van der Waals surface area (Å²) < 4.78 is 4.99. The fourth-order valence-electron chi connectivity index (χ4n) is 1.28. The number of ketones is 2. The summed E-state index contributed by atoms with van der Waals surface area (Å²) in [6.07, 6.45) is 1.16. The van der Waals surface area contributed by atoms with Crippen LogP contribution < -0.4 is 0 Å². The lowest BCUT2D eigenvalue weighted by molar-refractivity contribution is -0.113. The normalized spacial score (nSPS) is 11.2. The van der Waals surface area contributed by atoms with Crippen molar-refractivity contribution in [1.82, 2.24) is 0 Å². The van der Waals surface area contributed by atoms with Gasteiger partial charge in [0.25, 0.3) is 0 Å². The molecule has 0 radical (unpaired) electrons. The number of carbonyl (C=O) groups excluding carboxylic acids is 2. The molecule has 0 heterocycles. The second kappa shape index (κ2) is 6.57. The van der Waals surface area contributed by atoms with E-state index in [-0.39, 0.29) is 21.9 Å². The lowest BCUT2D eigenvalue weighted by atomic mass is 10.0. The van der Waals surface area contributed by atoms with Crippen LogP contribution in [0.15, 0.2) is 30.0 Å². The van der Waals surface area contributed by atoms with Crippen molar-refractivity contribution in [3.05, 3.63) is 45.6 Å². The van der Waals surface area contributed by atoms with Crippen molar-refractivity contribution in [2.75, 3.05) is 6.61 Å². The quantitative estimate of drug-likeness (QED) is 0.273. The molecule has 0 bridgehead atoms. The molecule has 0 atom stereocenters. The van der Waals surface area contributed by atoms with E-state index in [0.717, 1.165) is 6.26 Å². The van der Waals surface area contributed by atoms with Gasteiger partial charge in [-0.05, 0) is 32.0 Å². The van der Waals surface area contributed by atoms with Gasteiger partial charge in [0.05, 0.1) is 23.5 Å². The molecule has 0 fully saturated rings. The summed E-state index contributed by atoms with van der Waals surface area (Å²) >= 11 is 11.7. The van der Waals surface area contributed by atoms with Crippen LogP contribution in [0, 0.1) is 0 Å². The Morgan fingerprint density at radius 3 is 2.50 bits per heavy atom. The van der Waals surface area contributed by atoms with Gasteiger partial charge < -0.3 is 4.74 Å². The molecule has 0 aliphatic rings. The van der Waals surface area contributed by atoms with Gasteiger partial charge in [-0.3, -0.25) is 9.59 Å². The largest absolute Gasteiger partial charge is 0.501 e. The summed E-state index contributed by atoms with van der Waals surface area (Å²) in [5, 5.41) is 0.630. The minimum absolute atomic E-state index is 0.0407. The van der Waals surface area contributed by atoms with Gasteiger partial charge in [-0.2, -0.15) is 0 Å². The third-order valence-electron chi connectivity index (χ3n) is 2.17. The number of benzene rings is 1. The molecule has 96 valence electrons. The zero-order valence-electron chi connectivity index (χ0n) is 10.00. The molecule has 1 rings (SSSR count). The van der Waals surface area contributed by atoms with E-state index in [1.807, 2.05) is 0 Å². The van der Waals surface area contributed by atoms with Gasteiger partial charge in [0.15, 0.2) is 5.78 Å². The molecule has 5 heteroatoms. The molecule has 3 nitrogen and oxygen atoms in total. The van der Waals surface area contributed by atoms with Crippen LogP contribution >= 0.6 is 23.2 Å². The molecule has 0 aromatic heterocycles. The Labute approximate surface area is 115 Å². The van der Waals surface area contributed by atoms with E-state index in [1.54, 1.807) is 13.0 Å². The Bertz CT molecular complexity index is 507. The van der Waals surface area contributed by atoms with E-state index in [2.05, 4.69) is 0 Å². The fourth-order valence-corrected chi connectivity index (χ4v) is 1.78. The molecule has 0 amide bonds. The van der Waals surface area contributed by atoms with Crippen LogP contribution in [0.25, 0.3) is 0 Å². The highest BCUT2D eigenvalue weighted by atomic mass is 35.5. The predicted octanol–water partition coefficient (Wildman–Crippen LogP) is 3.69. The highest BCUT2D eigenvalue weighted by Crippen LogP contribution is 2.23. The topological polar surface area (TPSA) is 43.4 Å². The molecule has 0 unspecified atom stereocenters. The lowest BCUT2D eigenvalue weighted by Gasteiger charge is -2.06. The summed E-state index contributed by atoms with van der Waals surface area (Å²) in [5.74, 6) is -0.850. The zero-order chi connectivity index (χ0) is 13.7. The van der Waals surface area contributed by atoms with Gasteiger partial charge in [0, 0.05) is 10.6 Å². The highest BCUT2D eigenvalue weighted by molar-refractivity contribution is 6.39. The van der Waals surface area contributed by atoms with Crippen molar-refractivity contribution in [1.29, 1.82) is 0 Å². The summed E-state index contributed by atoms with van der Waals surface area (Å²) in [7, 11) is 0. The van der Waals surface area contributed by atoms with Crippen LogP contribution in [0.5, 0.6) is 0 Å². The van der Waals surface area contributed by atoms with Crippen molar-refractivity contribution in [3.63, 3.8) is 0 Å². The standard InChI is InChI=1S/C13H12Cl2O3/c1-3-18-7-11(8(2)16)13(17)10-5-4-9(14)6-12(10)15/h4-7H,3H2,1-2H3/b11-7-. The van der Waals surface area contributed by atoms with E-state index in [4.69, 9.17) is 27.9 Å². The first kappa shape index (κ1) is 14.7. The number of halogens is 2. The van der Waals surface area contributed by atoms with Crippen LogP contribution in [0.3, 0.4) is 0 Å². The van der Waals surface area contributed by atoms with Crippen LogP contribution in [0.1, 0.15) is 24.2 Å². The van der Waals surface area contributed by atoms with Gasteiger partial charge >= 0.3 is 0 Å². The summed E-state index contributed by atoms with van der Waals surface area (Å²) in [6, 6.07) is 4.48. The molecule has 0 aliphatic carbocycles. The number of hydrogen-bond donors (Lipinski definition) is 0. The molecular weight excluding hydrogens is 275 g/mol. The van der Waals surface area contributed by atoms with Gasteiger partial charge in [0.2, 0.25) is 5.78 Å². The van der Waals surface area contributed by atoms with E-state index in [1.165, 1.54) is 19.1 Å². The second-order valence-electron chi connectivity index (χ2n) is 3.50. The molecule has 0 aliphatic heterocycles. The minimum Gasteiger partial charge on any atom is -0.501 e. The first-order valence-corrected chi connectivity index (χ1v) is 6.05. The molecule has 0 N–H and O–H groups in total. The maximum Gasteiger partial charge on any atom is 0.201 e. The Hall–Kier alpha value is -1.32. The fraction of sp³-hybridized carbons (Fsp3) is 0.231. The van der Waals surface area contributed by atoms with E-state index in [0.29, 0.717) is 11.6 Å². The first-order valence-electron chi connectivity index (χ1n) is 5.29. The average Bonchev–Trinajstić information content (AvgIpc) is 2.28. The van der Waals surface area contributed by atoms with Crippen LogP contribution in [0.4, 0.5) is 0 Å². The van der Waals surface area contributed by atoms with E-state index >= 15 is 0 Å². The SMILES string of the molecule is CCO/C=C(/C(C)=O)C(=O)c1ccc(Cl)cc1Cl. The Kier molecular flexibility index (Phi) is 5.38. The average molecular weight is 287 g/mol. The van der Waals surface area contributed by atoms with E-state index in [9.17, 15) is 9.59 Å². The Balaban J connectivity index is 3.14. The number of ether oxygens (including phenoxy) is 1. The third kappa shape index (κ3) is 3.59. The predicted molar refractivity (Wildman–Crippen MR) is 71.2 cm³/mol. The number of hydrogen-bond acceptors (Lipinski definition) is 3. The molecule has 18 heavy (non-hydrogen) atoms. The van der Waals surface area contributed by atoms with Crippen molar-refractivity contribution < 1.29 is 14.3 Å². The molecule has 0 saturated heterocycles. The minimum atomic E-state index is -0.474. The van der Waals surface area contributed by atoms with Crippen molar-refractivity contribution in [2.45, 2.75) is 13.8 Å². The Morgan fingerprint density at radius 2 is 2.00 bits per heavy atom.